The number of ether oxygens (including phenoxy) is 1. The van der Waals surface area contributed by atoms with Crippen LogP contribution in [0.5, 0.6) is 0 Å². The van der Waals surface area contributed by atoms with E-state index in [1.807, 2.05) is 37.3 Å². The number of nitrogens with zero attached hydrogens (tertiary/aromatic N) is 4. The zero-order valence-electron chi connectivity index (χ0n) is 16.0. The molecule has 4 aromatic heterocycles. The van der Waals surface area contributed by atoms with Gasteiger partial charge in [-0.3, -0.25) is 14.9 Å². The first-order valence-corrected chi connectivity index (χ1v) is 9.53. The highest BCUT2D eigenvalue weighted by molar-refractivity contribution is 6.01. The lowest BCUT2D eigenvalue weighted by Crippen LogP contribution is -2.36. The fraction of sp³-hybridized carbons (Fsp3) is 0.238. The van der Waals surface area contributed by atoms with Gasteiger partial charge in [-0.05, 0) is 37.3 Å². The first kappa shape index (κ1) is 17.6. The van der Waals surface area contributed by atoms with Crippen molar-refractivity contribution in [2.45, 2.75) is 6.92 Å². The Labute approximate surface area is 166 Å². The molecular weight excluding hydrogens is 368 g/mol. The number of morpholine rings is 1. The normalized spacial score (nSPS) is 14.4. The van der Waals surface area contributed by atoms with Gasteiger partial charge in [-0.1, -0.05) is 0 Å². The predicted molar refractivity (Wildman–Crippen MR) is 111 cm³/mol. The molecule has 4 aromatic rings. The first-order valence-electron chi connectivity index (χ1n) is 9.53. The van der Waals surface area contributed by atoms with E-state index in [2.05, 4.69) is 25.1 Å². The molecule has 0 spiro atoms. The third-order valence-electron chi connectivity index (χ3n) is 5.15. The van der Waals surface area contributed by atoms with E-state index in [-0.39, 0.29) is 5.56 Å². The van der Waals surface area contributed by atoms with Crippen molar-refractivity contribution in [2.24, 2.45) is 0 Å². The van der Waals surface area contributed by atoms with Crippen LogP contribution in [0.2, 0.25) is 0 Å². The van der Waals surface area contributed by atoms with E-state index in [0.29, 0.717) is 24.5 Å². The van der Waals surface area contributed by atoms with Gasteiger partial charge in [0.25, 0.3) is 5.56 Å². The van der Waals surface area contributed by atoms with Crippen LogP contribution >= 0.6 is 0 Å². The average Bonchev–Trinajstić information content (AvgIpc) is 3.28. The van der Waals surface area contributed by atoms with E-state index in [9.17, 15) is 4.79 Å². The Balaban J connectivity index is 1.80. The molecule has 29 heavy (non-hydrogen) atoms. The van der Waals surface area contributed by atoms with Gasteiger partial charge in [-0.15, -0.1) is 0 Å². The molecule has 5 rings (SSSR count). The van der Waals surface area contributed by atoms with Crippen LogP contribution in [0.1, 0.15) is 5.69 Å². The second-order valence-electron chi connectivity index (χ2n) is 7.04. The highest BCUT2D eigenvalue weighted by Gasteiger charge is 2.19. The number of nitrogens with one attached hydrogen (secondary N) is 2. The van der Waals surface area contributed by atoms with Gasteiger partial charge in [0.05, 0.1) is 18.9 Å². The molecule has 0 bridgehead atoms. The molecular formula is C21H20N6O2. The smallest absolute Gasteiger partial charge is 0.256 e. The van der Waals surface area contributed by atoms with Crippen molar-refractivity contribution in [1.82, 2.24) is 25.1 Å². The number of aromatic amines is 2. The number of fused-ring (bicyclic) bond motifs is 1. The topological polar surface area (TPSA) is 99.8 Å². The molecule has 0 atom stereocenters. The number of pyridine rings is 3. The van der Waals surface area contributed by atoms with Gasteiger partial charge in [0.15, 0.2) is 0 Å². The van der Waals surface area contributed by atoms with Crippen LogP contribution in [0.25, 0.3) is 33.4 Å². The molecule has 0 unspecified atom stereocenters. The summed E-state index contributed by atoms with van der Waals surface area (Å²) in [6, 6.07) is 9.53. The summed E-state index contributed by atoms with van der Waals surface area (Å²) in [6.45, 7) is 4.68. The molecule has 1 fully saturated rings. The molecule has 2 N–H and O–H groups in total. The molecule has 0 amide bonds. The molecule has 8 nitrogen and oxygen atoms in total. The van der Waals surface area contributed by atoms with Crippen molar-refractivity contribution in [1.29, 1.82) is 0 Å². The maximum atomic E-state index is 12.7. The van der Waals surface area contributed by atoms with Crippen molar-refractivity contribution in [2.75, 3.05) is 31.2 Å². The van der Waals surface area contributed by atoms with Crippen molar-refractivity contribution in [3.05, 3.63) is 58.8 Å². The Morgan fingerprint density at radius 2 is 1.93 bits per heavy atom. The van der Waals surface area contributed by atoms with Crippen LogP contribution in [0.15, 0.2) is 47.5 Å². The summed E-state index contributed by atoms with van der Waals surface area (Å²) in [7, 11) is 0. The second kappa shape index (κ2) is 7.14. The Kier molecular flexibility index (Phi) is 4.33. The number of aryl methyl sites for hydroxylation is 1. The minimum Gasteiger partial charge on any atom is -0.378 e. The lowest BCUT2D eigenvalue weighted by Gasteiger charge is -2.28. The summed E-state index contributed by atoms with van der Waals surface area (Å²) < 4.78 is 5.49. The molecule has 5 heterocycles. The number of hydrogen-bond acceptors (Lipinski definition) is 6. The maximum Gasteiger partial charge on any atom is 0.256 e. The van der Waals surface area contributed by atoms with Gasteiger partial charge in [0.1, 0.15) is 17.0 Å². The summed E-state index contributed by atoms with van der Waals surface area (Å²) in [5.41, 5.74) is 4.37. The van der Waals surface area contributed by atoms with Crippen LogP contribution in [0.4, 0.5) is 5.82 Å². The zero-order valence-corrected chi connectivity index (χ0v) is 16.0. The van der Waals surface area contributed by atoms with Crippen LogP contribution in [-0.4, -0.2) is 51.5 Å². The fourth-order valence-corrected chi connectivity index (χ4v) is 3.68. The summed E-state index contributed by atoms with van der Waals surface area (Å²) in [5, 5.41) is 7.89. The average molecular weight is 388 g/mol. The summed E-state index contributed by atoms with van der Waals surface area (Å²) in [4.78, 5) is 27.3. The fourth-order valence-electron chi connectivity index (χ4n) is 3.68. The SMILES string of the molecule is Cc1ccc(-c2cc(N3CCOCC3)nc3c(-c4ccn[nH]4)nccc23)c(=O)[nH]1. The molecule has 1 aliphatic heterocycles. The van der Waals surface area contributed by atoms with Gasteiger partial charge < -0.3 is 14.6 Å². The lowest BCUT2D eigenvalue weighted by molar-refractivity contribution is 0.122. The number of H-pyrrole nitrogens is 2. The Hall–Kier alpha value is -3.52. The maximum absolute atomic E-state index is 12.7. The highest BCUT2D eigenvalue weighted by atomic mass is 16.5. The molecule has 0 saturated carbocycles. The van der Waals surface area contributed by atoms with Gasteiger partial charge in [-0.2, -0.15) is 5.10 Å². The molecule has 0 radical (unpaired) electrons. The second-order valence-corrected chi connectivity index (χ2v) is 7.04. The molecule has 0 aromatic carbocycles. The van der Waals surface area contributed by atoms with Crippen molar-refractivity contribution >= 4 is 16.7 Å². The monoisotopic (exact) mass is 388 g/mol. The number of hydrogen-bond donors (Lipinski definition) is 2. The van der Waals surface area contributed by atoms with E-state index in [1.54, 1.807) is 12.4 Å². The van der Waals surface area contributed by atoms with Gasteiger partial charge in [-0.25, -0.2) is 4.98 Å². The van der Waals surface area contributed by atoms with E-state index in [0.717, 1.165) is 46.8 Å². The first-order chi connectivity index (χ1) is 14.2. The summed E-state index contributed by atoms with van der Waals surface area (Å²) >= 11 is 0. The largest absolute Gasteiger partial charge is 0.378 e. The molecule has 1 saturated heterocycles. The van der Waals surface area contributed by atoms with Crippen LogP contribution in [-0.2, 0) is 4.74 Å². The minimum absolute atomic E-state index is 0.120. The van der Waals surface area contributed by atoms with Crippen molar-refractivity contribution in [3.8, 4) is 22.5 Å². The van der Waals surface area contributed by atoms with Crippen LogP contribution < -0.4 is 10.5 Å². The Morgan fingerprint density at radius 1 is 1.07 bits per heavy atom. The van der Waals surface area contributed by atoms with Crippen LogP contribution in [0.3, 0.4) is 0 Å². The van der Waals surface area contributed by atoms with Crippen molar-refractivity contribution < 1.29 is 4.74 Å². The number of anilines is 1. The summed E-state index contributed by atoms with van der Waals surface area (Å²) in [5.74, 6) is 0.810. The van der Waals surface area contributed by atoms with Gasteiger partial charge in [0, 0.05) is 47.7 Å². The zero-order chi connectivity index (χ0) is 19.8. The molecule has 0 aliphatic carbocycles. The Bertz CT molecular complexity index is 1230. The lowest BCUT2D eigenvalue weighted by atomic mass is 10.0. The quantitative estimate of drug-likeness (QED) is 0.559. The van der Waals surface area contributed by atoms with E-state index >= 15 is 0 Å². The van der Waals surface area contributed by atoms with Gasteiger partial charge >= 0.3 is 0 Å². The number of aromatic nitrogens is 5. The predicted octanol–water partition coefficient (Wildman–Crippen LogP) is 2.52. The summed E-state index contributed by atoms with van der Waals surface area (Å²) in [6.07, 6.45) is 3.42. The van der Waals surface area contributed by atoms with E-state index in [4.69, 9.17) is 9.72 Å². The number of rotatable bonds is 3. The van der Waals surface area contributed by atoms with Crippen molar-refractivity contribution in [3.63, 3.8) is 0 Å². The van der Waals surface area contributed by atoms with Crippen LogP contribution in [0, 0.1) is 6.92 Å². The van der Waals surface area contributed by atoms with E-state index in [1.165, 1.54) is 0 Å². The highest BCUT2D eigenvalue weighted by Crippen LogP contribution is 2.33. The minimum atomic E-state index is -0.120. The molecule has 1 aliphatic rings. The third kappa shape index (κ3) is 3.17. The molecule has 8 heteroatoms. The van der Waals surface area contributed by atoms with E-state index < -0.39 is 0 Å². The standard InChI is InChI=1S/C21H20N6O2/c1-13-2-3-15(21(28)24-13)16-12-18(27-8-10-29-11-9-27)25-19-14(16)4-6-22-20(19)17-5-7-23-26-17/h2-7,12H,8-11H2,1H3,(H,23,26)(H,24,28). The molecule has 146 valence electrons. The third-order valence-corrected chi connectivity index (χ3v) is 5.15. The Morgan fingerprint density at radius 3 is 2.69 bits per heavy atom. The van der Waals surface area contributed by atoms with Gasteiger partial charge in [0.2, 0.25) is 0 Å².